The number of β-amino-alcohol motifs (C(OH)–C–C–N with tert-alkyl or cyclic N) is 1. The highest BCUT2D eigenvalue weighted by atomic mass is 32.1. The number of hydrogen-bond donors (Lipinski definition) is 3. The Morgan fingerprint density at radius 2 is 2.03 bits per heavy atom. The van der Waals surface area contributed by atoms with Crippen LogP contribution < -0.4 is 5.32 Å². The van der Waals surface area contributed by atoms with Crippen molar-refractivity contribution in [3.63, 3.8) is 0 Å². The molecule has 36 heavy (non-hydrogen) atoms. The monoisotopic (exact) mass is 512 g/mol. The number of carbonyl (C=O) groups excluding carboxylic acids is 2. The Bertz CT molecular complexity index is 1190. The average molecular weight is 513 g/mol. The molecule has 1 aliphatic rings. The van der Waals surface area contributed by atoms with Crippen LogP contribution >= 0.6 is 11.3 Å². The van der Waals surface area contributed by atoms with E-state index in [0.29, 0.717) is 24.4 Å². The molecule has 10 heteroatoms. The van der Waals surface area contributed by atoms with Gasteiger partial charge in [-0.3, -0.25) is 9.59 Å². The normalized spacial score (nSPS) is 19.3. The fourth-order valence-electron chi connectivity index (χ4n) is 4.69. The SMILES string of the molecule is Cc1cc(C(C(=O)N2C[C@H](O)C[C@H]2C(=O)NCc2ccc(-c3scnc3C)cc2)C(C)CCO)on1. The highest BCUT2D eigenvalue weighted by molar-refractivity contribution is 7.13. The minimum atomic E-state index is -0.795. The summed E-state index contributed by atoms with van der Waals surface area (Å²) in [6.45, 7) is 5.89. The molecule has 4 rings (SSSR count). The van der Waals surface area contributed by atoms with Crippen molar-refractivity contribution < 1.29 is 24.3 Å². The zero-order valence-electron chi connectivity index (χ0n) is 20.7. The van der Waals surface area contributed by atoms with Crippen molar-refractivity contribution in [2.24, 2.45) is 5.92 Å². The maximum Gasteiger partial charge on any atom is 0.243 e. The average Bonchev–Trinajstić information content (AvgIpc) is 3.58. The summed E-state index contributed by atoms with van der Waals surface area (Å²) in [4.78, 5) is 33.6. The van der Waals surface area contributed by atoms with Crippen molar-refractivity contribution in [1.29, 1.82) is 0 Å². The van der Waals surface area contributed by atoms with Crippen LogP contribution in [0.3, 0.4) is 0 Å². The van der Waals surface area contributed by atoms with Gasteiger partial charge in [-0.05, 0) is 37.3 Å². The summed E-state index contributed by atoms with van der Waals surface area (Å²) in [7, 11) is 0. The Morgan fingerprint density at radius 1 is 1.28 bits per heavy atom. The Kier molecular flexibility index (Phi) is 8.17. The number of aliphatic hydroxyl groups excluding tert-OH is 2. The van der Waals surface area contributed by atoms with Gasteiger partial charge < -0.3 is 25.0 Å². The van der Waals surface area contributed by atoms with Gasteiger partial charge in [0.15, 0.2) is 0 Å². The first-order valence-electron chi connectivity index (χ1n) is 12.1. The first-order chi connectivity index (χ1) is 17.3. The van der Waals surface area contributed by atoms with E-state index in [0.717, 1.165) is 21.7 Å². The number of benzene rings is 1. The van der Waals surface area contributed by atoms with E-state index in [9.17, 15) is 19.8 Å². The lowest BCUT2D eigenvalue weighted by molar-refractivity contribution is -0.141. The summed E-state index contributed by atoms with van der Waals surface area (Å²) >= 11 is 1.59. The molecule has 0 spiro atoms. The molecule has 1 fully saturated rings. The second-order valence-corrected chi connectivity index (χ2v) is 10.3. The van der Waals surface area contributed by atoms with Gasteiger partial charge in [0.2, 0.25) is 11.8 Å². The van der Waals surface area contributed by atoms with E-state index in [1.807, 2.05) is 43.6 Å². The number of thiazole rings is 1. The first kappa shape index (κ1) is 26.0. The molecule has 2 amide bonds. The van der Waals surface area contributed by atoms with Gasteiger partial charge in [0.1, 0.15) is 17.7 Å². The zero-order chi connectivity index (χ0) is 25.8. The maximum atomic E-state index is 13.6. The summed E-state index contributed by atoms with van der Waals surface area (Å²) in [6, 6.07) is 8.84. The maximum absolute atomic E-state index is 13.6. The van der Waals surface area contributed by atoms with Gasteiger partial charge in [-0.1, -0.05) is 36.3 Å². The molecule has 2 aromatic heterocycles. The lowest BCUT2D eigenvalue weighted by Gasteiger charge is -2.29. The van der Waals surface area contributed by atoms with Gasteiger partial charge in [-0.15, -0.1) is 11.3 Å². The van der Waals surface area contributed by atoms with Crippen molar-refractivity contribution in [3.05, 3.63) is 58.6 Å². The van der Waals surface area contributed by atoms with Crippen LogP contribution in [0, 0.1) is 19.8 Å². The topological polar surface area (TPSA) is 129 Å². The van der Waals surface area contributed by atoms with Crippen molar-refractivity contribution >= 4 is 23.2 Å². The van der Waals surface area contributed by atoms with Crippen LogP contribution in [-0.4, -0.2) is 62.4 Å². The third-order valence-electron chi connectivity index (χ3n) is 6.67. The zero-order valence-corrected chi connectivity index (χ0v) is 21.5. The molecule has 9 nitrogen and oxygen atoms in total. The molecule has 0 bridgehead atoms. The van der Waals surface area contributed by atoms with Gasteiger partial charge in [-0.25, -0.2) is 4.98 Å². The molecule has 3 N–H and O–H groups in total. The molecule has 3 aromatic rings. The molecule has 2 unspecified atom stereocenters. The summed E-state index contributed by atoms with van der Waals surface area (Å²) in [6.07, 6.45) is -0.241. The van der Waals surface area contributed by atoms with Gasteiger partial charge in [0.25, 0.3) is 0 Å². The fourth-order valence-corrected chi connectivity index (χ4v) is 5.50. The van der Waals surface area contributed by atoms with Crippen LogP contribution in [0.5, 0.6) is 0 Å². The van der Waals surface area contributed by atoms with E-state index < -0.39 is 18.1 Å². The van der Waals surface area contributed by atoms with Crippen molar-refractivity contribution in [2.75, 3.05) is 13.2 Å². The van der Waals surface area contributed by atoms with E-state index in [1.165, 1.54) is 4.90 Å². The third-order valence-corrected chi connectivity index (χ3v) is 7.64. The number of aliphatic hydroxyl groups is 2. The van der Waals surface area contributed by atoms with Crippen molar-refractivity contribution in [3.8, 4) is 10.4 Å². The van der Waals surface area contributed by atoms with Gasteiger partial charge in [-0.2, -0.15) is 0 Å². The number of nitrogens with one attached hydrogen (secondary N) is 1. The van der Waals surface area contributed by atoms with E-state index in [-0.39, 0.29) is 37.3 Å². The second-order valence-electron chi connectivity index (χ2n) is 9.42. The van der Waals surface area contributed by atoms with E-state index in [1.54, 1.807) is 24.3 Å². The molecule has 0 aliphatic carbocycles. The minimum absolute atomic E-state index is 0.0648. The standard InChI is InChI=1S/C26H32N4O5S/c1-15(8-9-31)23(22-10-16(2)29-35-22)26(34)30-13-20(32)11-21(30)25(33)27-12-18-4-6-19(7-5-18)24-17(3)28-14-36-24/h4-7,10,14-15,20-21,23,31-32H,8-9,11-13H2,1-3H3,(H,27,33)/t15?,20-,21+,23?/m1/s1. The fraction of sp³-hybridized carbons (Fsp3) is 0.462. The first-order valence-corrected chi connectivity index (χ1v) is 13.0. The number of rotatable bonds is 9. The number of aryl methyl sites for hydroxylation is 2. The van der Waals surface area contributed by atoms with Gasteiger partial charge in [0.05, 0.1) is 27.9 Å². The number of hydrogen-bond acceptors (Lipinski definition) is 8. The molecular weight excluding hydrogens is 480 g/mol. The van der Waals surface area contributed by atoms with E-state index in [4.69, 9.17) is 4.52 Å². The summed E-state index contributed by atoms with van der Waals surface area (Å²) < 4.78 is 5.40. The van der Waals surface area contributed by atoms with Gasteiger partial charge in [0, 0.05) is 32.2 Å². The number of aromatic nitrogens is 2. The van der Waals surface area contributed by atoms with Crippen molar-refractivity contribution in [2.45, 2.75) is 58.2 Å². The Hall–Kier alpha value is -3.08. The number of carbonyl (C=O) groups is 2. The Balaban J connectivity index is 1.45. The predicted molar refractivity (Wildman–Crippen MR) is 135 cm³/mol. The highest BCUT2D eigenvalue weighted by Gasteiger charge is 2.43. The second kappa shape index (κ2) is 11.3. The quantitative estimate of drug-likeness (QED) is 0.402. The molecule has 192 valence electrons. The van der Waals surface area contributed by atoms with E-state index in [2.05, 4.69) is 15.5 Å². The minimum Gasteiger partial charge on any atom is -0.396 e. The molecule has 4 atom stereocenters. The van der Waals surface area contributed by atoms with Crippen LogP contribution in [0.1, 0.15) is 48.4 Å². The Morgan fingerprint density at radius 3 is 2.64 bits per heavy atom. The molecule has 0 radical (unpaired) electrons. The van der Waals surface area contributed by atoms with Crippen LogP contribution in [-0.2, 0) is 16.1 Å². The van der Waals surface area contributed by atoms with Crippen LogP contribution in [0.25, 0.3) is 10.4 Å². The molecule has 1 aromatic carbocycles. The summed E-state index contributed by atoms with van der Waals surface area (Å²) in [5, 5.41) is 26.6. The van der Waals surface area contributed by atoms with E-state index >= 15 is 0 Å². The number of nitrogens with zero attached hydrogens (tertiary/aromatic N) is 3. The molecule has 0 saturated carbocycles. The number of likely N-dealkylation sites (tertiary alicyclic amines) is 1. The number of amides is 2. The summed E-state index contributed by atoms with van der Waals surface area (Å²) in [5.41, 5.74) is 5.45. The van der Waals surface area contributed by atoms with Crippen LogP contribution in [0.2, 0.25) is 0 Å². The summed E-state index contributed by atoms with van der Waals surface area (Å²) in [5.74, 6) is -1.17. The predicted octanol–water partition coefficient (Wildman–Crippen LogP) is 2.80. The van der Waals surface area contributed by atoms with Crippen molar-refractivity contribution in [1.82, 2.24) is 20.4 Å². The van der Waals surface area contributed by atoms with Crippen LogP contribution in [0.4, 0.5) is 0 Å². The smallest absolute Gasteiger partial charge is 0.243 e. The molecule has 3 heterocycles. The molecule has 1 saturated heterocycles. The molecular formula is C26H32N4O5S. The highest BCUT2D eigenvalue weighted by Crippen LogP contribution is 2.33. The van der Waals surface area contributed by atoms with Crippen LogP contribution in [0.15, 0.2) is 40.4 Å². The lowest BCUT2D eigenvalue weighted by atomic mass is 9.87. The third kappa shape index (κ3) is 5.66. The largest absolute Gasteiger partial charge is 0.396 e. The Labute approximate surface area is 214 Å². The lowest BCUT2D eigenvalue weighted by Crippen LogP contribution is -2.48. The molecule has 1 aliphatic heterocycles. The van der Waals surface area contributed by atoms with Gasteiger partial charge >= 0.3 is 0 Å².